The first kappa shape index (κ1) is 27.0. The van der Waals surface area contributed by atoms with E-state index in [9.17, 15) is 22.4 Å². The number of amides is 1. The van der Waals surface area contributed by atoms with Crippen molar-refractivity contribution in [3.63, 3.8) is 0 Å². The standard InChI is InChI=1S/C27H31F4N7O/c1-26(2)13-23-18(14-33-37(23)16-26)25(39)32-10-5-6-20-17(12-27(29,30)31)22-7-4-8-24(38(22)35-20)34-21-9-11-36(3)15-19(21)28/h4,7-8,14,19,21,34H,9-13,15-16H2,1-3H3,(H,32,39)/t19-,21+/m0/s1. The Hall–Kier alpha value is -3.59. The van der Waals surface area contributed by atoms with Crippen LogP contribution in [0.2, 0.25) is 0 Å². The summed E-state index contributed by atoms with van der Waals surface area (Å²) >= 11 is 0. The molecule has 5 rings (SSSR count). The average Bonchev–Trinajstić information content (AvgIpc) is 3.47. The van der Waals surface area contributed by atoms with Crippen LogP contribution in [0.3, 0.4) is 0 Å². The zero-order valence-corrected chi connectivity index (χ0v) is 22.1. The molecule has 0 saturated carbocycles. The molecule has 2 N–H and O–H groups in total. The third-order valence-electron chi connectivity index (χ3n) is 7.18. The first-order chi connectivity index (χ1) is 18.4. The molecule has 0 bridgehead atoms. The van der Waals surface area contributed by atoms with Crippen LogP contribution in [0.25, 0.3) is 5.52 Å². The third-order valence-corrected chi connectivity index (χ3v) is 7.18. The Bertz CT molecular complexity index is 1450. The van der Waals surface area contributed by atoms with Gasteiger partial charge in [-0.2, -0.15) is 23.4 Å². The lowest BCUT2D eigenvalue weighted by Crippen LogP contribution is -2.46. The Balaban J connectivity index is 1.36. The van der Waals surface area contributed by atoms with E-state index in [-0.39, 0.29) is 41.2 Å². The highest BCUT2D eigenvalue weighted by atomic mass is 19.4. The number of carbonyl (C=O) groups excluding carboxylic acids is 1. The van der Waals surface area contributed by atoms with E-state index in [1.165, 1.54) is 16.8 Å². The van der Waals surface area contributed by atoms with Crippen LogP contribution in [0.4, 0.5) is 23.4 Å². The third kappa shape index (κ3) is 5.88. The fraction of sp³-hybridized carbons (Fsp3) is 0.519. The van der Waals surface area contributed by atoms with Crippen molar-refractivity contribution >= 4 is 17.2 Å². The van der Waals surface area contributed by atoms with E-state index in [1.807, 2.05) is 16.6 Å². The van der Waals surface area contributed by atoms with E-state index < -0.39 is 24.8 Å². The van der Waals surface area contributed by atoms with Crippen molar-refractivity contribution in [2.45, 2.75) is 58.0 Å². The summed E-state index contributed by atoms with van der Waals surface area (Å²) in [5, 5.41) is 14.5. The SMILES string of the molecule is CN1CC[C@@H](Nc2cccc3c(CC(F)(F)F)c(C#CCNC(=O)c4cnn5c4CC(C)(C)C5)nn23)[C@@H](F)C1. The molecule has 0 aromatic carbocycles. The largest absolute Gasteiger partial charge is 0.393 e. The van der Waals surface area contributed by atoms with E-state index in [0.717, 1.165) is 18.7 Å². The predicted molar refractivity (Wildman–Crippen MR) is 138 cm³/mol. The number of alkyl halides is 4. The number of rotatable bonds is 5. The molecular weight excluding hydrogens is 514 g/mol. The lowest BCUT2D eigenvalue weighted by Gasteiger charge is -2.33. The van der Waals surface area contributed by atoms with Crippen molar-refractivity contribution in [1.29, 1.82) is 0 Å². The Morgan fingerprint density at radius 2 is 2.08 bits per heavy atom. The summed E-state index contributed by atoms with van der Waals surface area (Å²) in [6.07, 6.45) is -4.02. The van der Waals surface area contributed by atoms with Gasteiger partial charge in [0.2, 0.25) is 0 Å². The number of nitrogens with zero attached hydrogens (tertiary/aromatic N) is 5. The van der Waals surface area contributed by atoms with Gasteiger partial charge in [-0.05, 0) is 43.4 Å². The number of piperidine rings is 1. The van der Waals surface area contributed by atoms with Crippen LogP contribution in [-0.2, 0) is 19.4 Å². The highest BCUT2D eigenvalue weighted by Crippen LogP contribution is 2.33. The minimum absolute atomic E-state index is 0.0165. The Labute approximate surface area is 223 Å². The number of anilines is 1. The van der Waals surface area contributed by atoms with Crippen molar-refractivity contribution < 1.29 is 22.4 Å². The first-order valence-electron chi connectivity index (χ1n) is 12.9. The summed E-state index contributed by atoms with van der Waals surface area (Å²) in [6, 6.07) is 4.33. The first-order valence-corrected chi connectivity index (χ1v) is 12.9. The van der Waals surface area contributed by atoms with Crippen LogP contribution in [-0.4, -0.2) is 75.3 Å². The van der Waals surface area contributed by atoms with Crippen LogP contribution in [0.5, 0.6) is 0 Å². The molecular formula is C27H31F4N7O. The molecule has 3 aromatic heterocycles. The van der Waals surface area contributed by atoms with Crippen LogP contribution in [0.15, 0.2) is 24.4 Å². The van der Waals surface area contributed by atoms with E-state index >= 15 is 0 Å². The van der Waals surface area contributed by atoms with E-state index in [4.69, 9.17) is 0 Å². The van der Waals surface area contributed by atoms with Crippen molar-refractivity contribution in [3.8, 4) is 11.8 Å². The lowest BCUT2D eigenvalue weighted by atomic mass is 9.90. The molecule has 1 saturated heterocycles. The lowest BCUT2D eigenvalue weighted by molar-refractivity contribution is -0.127. The Morgan fingerprint density at radius 1 is 1.28 bits per heavy atom. The fourth-order valence-electron chi connectivity index (χ4n) is 5.30. The number of fused-ring (bicyclic) bond motifs is 2. The minimum Gasteiger partial charge on any atom is -0.364 e. The van der Waals surface area contributed by atoms with Gasteiger partial charge in [-0.15, -0.1) is 0 Å². The Kier molecular flexibility index (Phi) is 7.05. The van der Waals surface area contributed by atoms with Gasteiger partial charge in [-0.1, -0.05) is 25.8 Å². The molecule has 12 heteroatoms. The van der Waals surface area contributed by atoms with Crippen LogP contribution in [0.1, 0.15) is 47.6 Å². The van der Waals surface area contributed by atoms with E-state index in [2.05, 4.69) is 46.5 Å². The molecule has 2 aliphatic heterocycles. The van der Waals surface area contributed by atoms with Gasteiger partial charge < -0.3 is 15.5 Å². The molecule has 1 fully saturated rings. The summed E-state index contributed by atoms with van der Waals surface area (Å²) in [4.78, 5) is 14.6. The predicted octanol–water partition coefficient (Wildman–Crippen LogP) is 3.45. The van der Waals surface area contributed by atoms with Gasteiger partial charge in [0, 0.05) is 25.2 Å². The normalized spacial score (nSPS) is 20.9. The second-order valence-electron chi connectivity index (χ2n) is 11.1. The van der Waals surface area contributed by atoms with Gasteiger partial charge >= 0.3 is 6.18 Å². The van der Waals surface area contributed by atoms with E-state index in [1.54, 1.807) is 12.1 Å². The molecule has 0 spiro atoms. The molecule has 39 heavy (non-hydrogen) atoms. The zero-order valence-electron chi connectivity index (χ0n) is 22.1. The van der Waals surface area contributed by atoms with Crippen LogP contribution in [0, 0.1) is 17.3 Å². The summed E-state index contributed by atoms with van der Waals surface area (Å²) < 4.78 is 58.3. The summed E-state index contributed by atoms with van der Waals surface area (Å²) in [5.41, 5.74) is 1.49. The number of hydrogen-bond donors (Lipinski definition) is 2. The van der Waals surface area contributed by atoms with Gasteiger partial charge in [0.25, 0.3) is 5.91 Å². The van der Waals surface area contributed by atoms with Crippen molar-refractivity contribution in [2.24, 2.45) is 5.41 Å². The molecule has 0 radical (unpaired) electrons. The molecule has 208 valence electrons. The van der Waals surface area contributed by atoms with Gasteiger partial charge in [0.1, 0.15) is 17.7 Å². The van der Waals surface area contributed by atoms with Crippen LogP contribution < -0.4 is 10.6 Å². The van der Waals surface area contributed by atoms with Crippen molar-refractivity contribution in [3.05, 3.63) is 46.9 Å². The molecule has 1 amide bonds. The number of pyridine rings is 1. The number of aromatic nitrogens is 4. The van der Waals surface area contributed by atoms with Crippen LogP contribution >= 0.6 is 0 Å². The fourth-order valence-corrected chi connectivity index (χ4v) is 5.30. The van der Waals surface area contributed by atoms with Gasteiger partial charge in [0.05, 0.1) is 42.0 Å². The summed E-state index contributed by atoms with van der Waals surface area (Å²) in [5.74, 6) is 5.51. The summed E-state index contributed by atoms with van der Waals surface area (Å²) in [7, 11) is 1.84. The second kappa shape index (κ2) is 10.2. The quantitative estimate of drug-likeness (QED) is 0.379. The number of nitrogens with one attached hydrogen (secondary N) is 2. The zero-order chi connectivity index (χ0) is 27.9. The average molecular weight is 546 g/mol. The number of carbonyl (C=O) groups is 1. The number of likely N-dealkylation sites (tertiary alicyclic amines) is 1. The van der Waals surface area contributed by atoms with Gasteiger partial charge in [-0.3, -0.25) is 9.48 Å². The summed E-state index contributed by atoms with van der Waals surface area (Å²) in [6.45, 7) is 5.84. The number of hydrogen-bond acceptors (Lipinski definition) is 5. The maximum atomic E-state index is 14.6. The molecule has 2 aliphatic rings. The highest BCUT2D eigenvalue weighted by Gasteiger charge is 2.34. The van der Waals surface area contributed by atoms with Gasteiger partial charge in [0.15, 0.2) is 0 Å². The van der Waals surface area contributed by atoms with Crippen molar-refractivity contribution in [1.82, 2.24) is 29.6 Å². The highest BCUT2D eigenvalue weighted by molar-refractivity contribution is 5.95. The van der Waals surface area contributed by atoms with Crippen molar-refractivity contribution in [2.75, 3.05) is 32.0 Å². The maximum Gasteiger partial charge on any atom is 0.393 e. The molecule has 0 unspecified atom stereocenters. The monoisotopic (exact) mass is 545 g/mol. The molecule has 8 nitrogen and oxygen atoms in total. The number of halogens is 4. The molecule has 0 aliphatic carbocycles. The maximum absolute atomic E-state index is 14.6. The second-order valence-corrected chi connectivity index (χ2v) is 11.1. The molecule has 2 atom stereocenters. The Morgan fingerprint density at radius 3 is 2.82 bits per heavy atom. The smallest absolute Gasteiger partial charge is 0.364 e. The van der Waals surface area contributed by atoms with E-state index in [0.29, 0.717) is 24.3 Å². The molecule has 3 aromatic rings. The van der Waals surface area contributed by atoms with Gasteiger partial charge in [-0.25, -0.2) is 8.91 Å². The molecule has 5 heterocycles. The topological polar surface area (TPSA) is 79.5 Å². The minimum atomic E-state index is -4.48.